The van der Waals surface area contributed by atoms with Crippen molar-refractivity contribution in [3.63, 3.8) is 0 Å². The van der Waals surface area contributed by atoms with E-state index in [9.17, 15) is 61.0 Å². The summed E-state index contributed by atoms with van der Waals surface area (Å²) in [6, 6.07) is -0.989. The third kappa shape index (κ3) is 28.8. The predicted molar refractivity (Wildman–Crippen MR) is 309 cm³/mol. The van der Waals surface area contributed by atoms with Crippen LogP contribution in [-0.4, -0.2) is 193 Å². The zero-order valence-corrected chi connectivity index (χ0v) is 49.5. The van der Waals surface area contributed by atoms with E-state index >= 15 is 0 Å². The van der Waals surface area contributed by atoms with Gasteiger partial charge in [-0.15, -0.1) is 0 Å². The lowest BCUT2D eigenvalue weighted by Gasteiger charge is -2.48. The van der Waals surface area contributed by atoms with Crippen LogP contribution in [0.2, 0.25) is 0 Å². The van der Waals surface area contributed by atoms with Crippen LogP contribution in [0.15, 0.2) is 36.5 Å². The van der Waals surface area contributed by atoms with Crippen molar-refractivity contribution in [1.82, 2.24) is 5.32 Å². The quantitative estimate of drug-likeness (QED) is 0.0229. The Kier molecular flexibility index (Phi) is 41.0. The maximum Gasteiger partial charge on any atom is 0.220 e. The fraction of sp³-hybridized carbons (Fsp3) is 0.887. The molecule has 3 rings (SSSR count). The van der Waals surface area contributed by atoms with E-state index in [2.05, 4.69) is 43.5 Å². The summed E-state index contributed by atoms with van der Waals surface area (Å²) >= 11 is 0. The Balaban J connectivity index is 1.50. The molecule has 3 heterocycles. The zero-order valence-electron chi connectivity index (χ0n) is 49.5. The van der Waals surface area contributed by atoms with Crippen LogP contribution in [0.1, 0.15) is 219 Å². The highest BCUT2D eigenvalue weighted by Crippen LogP contribution is 2.33. The molecule has 19 nitrogen and oxygen atoms in total. The third-order valence-electron chi connectivity index (χ3n) is 15.9. The van der Waals surface area contributed by atoms with Crippen molar-refractivity contribution in [2.75, 3.05) is 26.4 Å². The average molecular weight is 1160 g/mol. The molecule has 3 aliphatic heterocycles. The van der Waals surface area contributed by atoms with Crippen molar-refractivity contribution in [3.8, 4) is 0 Å². The molecule has 19 heteroatoms. The van der Waals surface area contributed by atoms with Crippen molar-refractivity contribution in [2.45, 2.75) is 324 Å². The second-order valence-corrected chi connectivity index (χ2v) is 22.9. The first-order valence-electron chi connectivity index (χ1n) is 31.7. The summed E-state index contributed by atoms with van der Waals surface area (Å²) in [6.45, 7) is 1.70. The van der Waals surface area contributed by atoms with Gasteiger partial charge < -0.3 is 89.9 Å². The minimum atomic E-state index is -1.98. The number of allylic oxidation sites excluding steroid dienone is 5. The fourth-order valence-electron chi connectivity index (χ4n) is 10.7. The van der Waals surface area contributed by atoms with E-state index in [-0.39, 0.29) is 18.9 Å². The number of nitrogens with one attached hydrogen (secondary N) is 1. The maximum atomic E-state index is 13.3. The Morgan fingerprint density at radius 1 is 0.432 bits per heavy atom. The van der Waals surface area contributed by atoms with E-state index in [0.717, 1.165) is 51.4 Å². The normalized spacial score (nSPS) is 30.0. The smallest absolute Gasteiger partial charge is 0.220 e. The topological polar surface area (TPSA) is 307 Å². The van der Waals surface area contributed by atoms with Crippen molar-refractivity contribution < 1.29 is 89.4 Å². The highest BCUT2D eigenvalue weighted by atomic mass is 16.8. The van der Waals surface area contributed by atoms with Gasteiger partial charge in [0.1, 0.15) is 73.2 Å². The van der Waals surface area contributed by atoms with Gasteiger partial charge in [-0.1, -0.05) is 192 Å². The van der Waals surface area contributed by atoms with Gasteiger partial charge in [-0.25, -0.2) is 0 Å². The largest absolute Gasteiger partial charge is 0.394 e. The van der Waals surface area contributed by atoms with Crippen molar-refractivity contribution in [3.05, 3.63) is 36.5 Å². The molecule has 12 N–H and O–H groups in total. The van der Waals surface area contributed by atoms with Crippen LogP contribution >= 0.6 is 0 Å². The lowest BCUT2D eigenvalue weighted by atomic mass is 9.96. The van der Waals surface area contributed by atoms with Crippen LogP contribution in [-0.2, 0) is 33.2 Å². The van der Waals surface area contributed by atoms with Gasteiger partial charge in [0.2, 0.25) is 5.91 Å². The molecule has 17 atom stereocenters. The monoisotopic (exact) mass is 1160 g/mol. The first-order chi connectivity index (χ1) is 39.3. The predicted octanol–water partition coefficient (Wildman–Crippen LogP) is 6.49. The molecule has 3 aliphatic rings. The number of ether oxygens (including phenoxy) is 6. The lowest BCUT2D eigenvalue weighted by molar-refractivity contribution is -0.379. The van der Waals surface area contributed by atoms with Gasteiger partial charge in [0.05, 0.1) is 38.6 Å². The Morgan fingerprint density at radius 2 is 0.790 bits per heavy atom. The number of carbonyl (C=O) groups is 1. The van der Waals surface area contributed by atoms with Gasteiger partial charge >= 0.3 is 0 Å². The van der Waals surface area contributed by atoms with Crippen LogP contribution in [0.3, 0.4) is 0 Å². The molecule has 1 amide bonds. The van der Waals surface area contributed by atoms with Gasteiger partial charge in [0.25, 0.3) is 0 Å². The van der Waals surface area contributed by atoms with E-state index in [1.807, 2.05) is 6.08 Å². The summed E-state index contributed by atoms with van der Waals surface area (Å²) in [7, 11) is 0. The van der Waals surface area contributed by atoms with Gasteiger partial charge in [0, 0.05) is 6.42 Å². The Morgan fingerprint density at radius 3 is 1.23 bits per heavy atom. The number of rotatable bonds is 47. The lowest BCUT2D eigenvalue weighted by Crippen LogP contribution is -2.66. The second kappa shape index (κ2) is 45.3. The first-order valence-corrected chi connectivity index (χ1v) is 31.7. The molecule has 17 unspecified atom stereocenters. The third-order valence-corrected chi connectivity index (χ3v) is 15.9. The molecule has 0 radical (unpaired) electrons. The maximum absolute atomic E-state index is 13.3. The number of aliphatic hydroxyl groups excluding tert-OH is 11. The molecule has 474 valence electrons. The number of amides is 1. The van der Waals surface area contributed by atoms with Crippen LogP contribution < -0.4 is 5.32 Å². The van der Waals surface area contributed by atoms with Crippen LogP contribution in [0.4, 0.5) is 0 Å². The average Bonchev–Trinajstić information content (AvgIpc) is 3.51. The molecule has 0 spiro atoms. The molecule has 0 aromatic carbocycles. The summed E-state index contributed by atoms with van der Waals surface area (Å²) < 4.78 is 34.3. The molecule has 0 aliphatic carbocycles. The first kappa shape index (κ1) is 73.3. The number of carbonyl (C=O) groups excluding carboxylic acids is 1. The van der Waals surface area contributed by atoms with Gasteiger partial charge in [0.15, 0.2) is 18.9 Å². The molecule has 0 bridgehead atoms. The van der Waals surface area contributed by atoms with E-state index in [1.54, 1.807) is 6.08 Å². The molecular weight excluding hydrogens is 1050 g/mol. The van der Waals surface area contributed by atoms with E-state index in [4.69, 9.17) is 28.4 Å². The van der Waals surface area contributed by atoms with E-state index in [1.165, 1.54) is 135 Å². The summed E-state index contributed by atoms with van der Waals surface area (Å²) in [5.41, 5.74) is 0. The summed E-state index contributed by atoms with van der Waals surface area (Å²) in [5, 5.41) is 120. The van der Waals surface area contributed by atoms with Crippen LogP contribution in [0, 0.1) is 0 Å². The molecule has 81 heavy (non-hydrogen) atoms. The molecule has 0 saturated carbocycles. The van der Waals surface area contributed by atoms with Crippen molar-refractivity contribution in [1.29, 1.82) is 0 Å². The van der Waals surface area contributed by atoms with Gasteiger partial charge in [-0.05, 0) is 57.8 Å². The minimum absolute atomic E-state index is 0.234. The number of unbranched alkanes of at least 4 members (excludes halogenated alkanes) is 27. The molecular formula is C62H113NO18. The number of hydrogen-bond acceptors (Lipinski definition) is 18. The highest BCUT2D eigenvalue weighted by molar-refractivity contribution is 5.76. The fourth-order valence-corrected chi connectivity index (χ4v) is 10.7. The summed E-state index contributed by atoms with van der Waals surface area (Å²) in [6.07, 6.45) is 22.6. The number of aliphatic hydroxyl groups is 11. The number of hydrogen-bond donors (Lipinski definition) is 12. The SMILES string of the molecule is CCCCCCCC/C=C\CCCCCCCCCCCC(=O)NC(COC1OC(CO)C(OC2OC(CO)C(OC3OC(CO)C(O)C(O)C3O)C(O)C2O)C(O)C1O)C(O)/C=C/CC/C=C/CCCCCCCCCCCCC. The van der Waals surface area contributed by atoms with E-state index < -0.39 is 124 Å². The van der Waals surface area contributed by atoms with Crippen LogP contribution in [0.25, 0.3) is 0 Å². The zero-order chi connectivity index (χ0) is 59.0. The second-order valence-electron chi connectivity index (χ2n) is 22.9. The minimum Gasteiger partial charge on any atom is -0.394 e. The van der Waals surface area contributed by atoms with Crippen molar-refractivity contribution >= 4 is 5.91 Å². The van der Waals surface area contributed by atoms with Crippen molar-refractivity contribution in [2.24, 2.45) is 0 Å². The Hall–Kier alpha value is -1.99. The highest BCUT2D eigenvalue weighted by Gasteiger charge is 2.53. The Bertz CT molecular complexity index is 1620. The molecule has 0 aromatic heterocycles. The van der Waals surface area contributed by atoms with E-state index in [0.29, 0.717) is 12.8 Å². The molecule has 3 fully saturated rings. The molecule has 0 aromatic rings. The Labute approximate surface area is 485 Å². The van der Waals surface area contributed by atoms with Gasteiger partial charge in [-0.2, -0.15) is 0 Å². The summed E-state index contributed by atoms with van der Waals surface area (Å²) in [5.74, 6) is -0.288. The standard InChI is InChI=1S/C62H113NO18/c1-3-5-7-9-11-13-15-17-19-21-22-24-26-28-30-32-34-36-38-40-50(68)63-45(46(67)39-37-35-33-31-29-27-25-23-20-18-16-14-12-10-8-6-4-2)44-76-60-56(74)53(71)58(48(42-65)78-60)81-62-57(75)54(72)59(49(43-66)79-62)80-61-55(73)52(70)51(69)47(41-64)77-61/h17,19,29,31,37,39,45-49,51-62,64-67,69-75H,3-16,18,20-28,30,32-36,38,40-44H2,1-2H3,(H,63,68)/b19-17-,31-29+,39-37+. The summed E-state index contributed by atoms with van der Waals surface area (Å²) in [4.78, 5) is 13.3. The molecule has 3 saturated heterocycles. The van der Waals surface area contributed by atoms with Crippen LogP contribution in [0.5, 0.6) is 0 Å². The van der Waals surface area contributed by atoms with Gasteiger partial charge in [-0.3, -0.25) is 4.79 Å².